The number of carboxylic acid groups (broad SMARTS) is 1. The fourth-order valence-electron chi connectivity index (χ4n) is 1.60. The van der Waals surface area contributed by atoms with Crippen LogP contribution in [0.4, 0.5) is 0 Å². The highest BCUT2D eigenvalue weighted by Crippen LogP contribution is 2.19. The van der Waals surface area contributed by atoms with Crippen LogP contribution in [0.25, 0.3) is 0 Å². The summed E-state index contributed by atoms with van der Waals surface area (Å²) in [6.45, 7) is 1.55. The van der Waals surface area contributed by atoms with E-state index in [1.165, 1.54) is 0 Å². The summed E-state index contributed by atoms with van der Waals surface area (Å²) in [5.41, 5.74) is 0. The van der Waals surface area contributed by atoms with Crippen LogP contribution in [0.2, 0.25) is 0 Å². The van der Waals surface area contributed by atoms with Crippen LogP contribution in [0, 0.1) is 0 Å². The largest absolute Gasteiger partial charge is 0.480 e. The van der Waals surface area contributed by atoms with E-state index >= 15 is 0 Å². The van der Waals surface area contributed by atoms with Gasteiger partial charge in [0.05, 0.1) is 19.3 Å². The van der Waals surface area contributed by atoms with Gasteiger partial charge in [0.1, 0.15) is 6.04 Å². The summed E-state index contributed by atoms with van der Waals surface area (Å²) in [6.07, 6.45) is 3.11. The van der Waals surface area contributed by atoms with Gasteiger partial charge in [0, 0.05) is 12.6 Å². The molecule has 5 heteroatoms. The van der Waals surface area contributed by atoms with Crippen molar-refractivity contribution in [3.8, 4) is 0 Å². The fraction of sp³-hybridized carbons (Fsp3) is 0.900. The Balaban J connectivity index is 1.70. The minimum absolute atomic E-state index is 0.0767. The second-order valence-corrected chi connectivity index (χ2v) is 4.15. The molecule has 0 bridgehead atoms. The zero-order chi connectivity index (χ0) is 10.7. The highest BCUT2D eigenvalue weighted by atomic mass is 16.5. The molecule has 2 rings (SSSR count). The van der Waals surface area contributed by atoms with Gasteiger partial charge in [0.25, 0.3) is 0 Å². The van der Waals surface area contributed by atoms with Crippen LogP contribution in [0.1, 0.15) is 19.3 Å². The molecule has 2 fully saturated rings. The first-order valence-corrected chi connectivity index (χ1v) is 5.44. The lowest BCUT2D eigenvalue weighted by atomic mass is 10.3. The van der Waals surface area contributed by atoms with Gasteiger partial charge in [-0.2, -0.15) is 0 Å². The molecule has 0 radical (unpaired) electrons. The second kappa shape index (κ2) is 4.92. The first kappa shape index (κ1) is 10.9. The van der Waals surface area contributed by atoms with Crippen molar-refractivity contribution in [3.63, 3.8) is 0 Å². The Kier molecular flexibility index (Phi) is 3.56. The third-order valence-corrected chi connectivity index (χ3v) is 2.70. The molecule has 2 atom stereocenters. The van der Waals surface area contributed by atoms with Gasteiger partial charge in [0.15, 0.2) is 0 Å². The third kappa shape index (κ3) is 3.44. The number of hydrogen-bond acceptors (Lipinski definition) is 4. The minimum Gasteiger partial charge on any atom is -0.480 e. The van der Waals surface area contributed by atoms with Crippen LogP contribution in [0.15, 0.2) is 0 Å². The Morgan fingerprint density at radius 2 is 2.33 bits per heavy atom. The maximum Gasteiger partial charge on any atom is 0.323 e. The summed E-state index contributed by atoms with van der Waals surface area (Å²) >= 11 is 0. The van der Waals surface area contributed by atoms with Crippen molar-refractivity contribution in [2.24, 2.45) is 0 Å². The molecule has 1 saturated heterocycles. The van der Waals surface area contributed by atoms with Crippen molar-refractivity contribution in [2.75, 3.05) is 19.8 Å². The summed E-state index contributed by atoms with van der Waals surface area (Å²) in [5, 5.41) is 12.0. The monoisotopic (exact) mass is 215 g/mol. The zero-order valence-electron chi connectivity index (χ0n) is 8.65. The molecule has 5 nitrogen and oxygen atoms in total. The summed E-state index contributed by atoms with van der Waals surface area (Å²) in [6, 6.07) is -0.187. The van der Waals surface area contributed by atoms with E-state index in [1.54, 1.807) is 0 Å². The average molecular weight is 215 g/mol. The third-order valence-electron chi connectivity index (χ3n) is 2.70. The topological polar surface area (TPSA) is 67.8 Å². The number of aliphatic carboxylic acids is 1. The maximum absolute atomic E-state index is 10.9. The second-order valence-electron chi connectivity index (χ2n) is 4.15. The highest BCUT2D eigenvalue weighted by Gasteiger charge is 2.29. The summed E-state index contributed by atoms with van der Waals surface area (Å²) in [7, 11) is 0. The average Bonchev–Trinajstić information content (AvgIpc) is 2.87. The lowest BCUT2D eigenvalue weighted by Crippen LogP contribution is -2.42. The van der Waals surface area contributed by atoms with Crippen molar-refractivity contribution < 1.29 is 19.4 Å². The standard InChI is InChI=1S/C10H17NO4/c12-10(13)9(11-7-1-2-7)6-15-8-3-4-14-5-8/h7-9,11H,1-6H2,(H,12,13). The van der Waals surface area contributed by atoms with Crippen LogP contribution in [0.3, 0.4) is 0 Å². The first-order chi connectivity index (χ1) is 7.25. The Bertz CT molecular complexity index is 223. The van der Waals surface area contributed by atoms with Crippen molar-refractivity contribution in [1.29, 1.82) is 0 Å². The first-order valence-electron chi connectivity index (χ1n) is 5.44. The van der Waals surface area contributed by atoms with Crippen LogP contribution < -0.4 is 5.32 Å². The van der Waals surface area contributed by atoms with E-state index in [9.17, 15) is 4.79 Å². The quantitative estimate of drug-likeness (QED) is 0.652. The Morgan fingerprint density at radius 1 is 1.53 bits per heavy atom. The highest BCUT2D eigenvalue weighted by molar-refractivity contribution is 5.73. The number of carbonyl (C=O) groups is 1. The summed E-state index contributed by atoms with van der Waals surface area (Å²) < 4.78 is 10.6. The predicted molar refractivity (Wildman–Crippen MR) is 52.8 cm³/mol. The van der Waals surface area contributed by atoms with Crippen molar-refractivity contribution in [2.45, 2.75) is 37.5 Å². The molecule has 0 aromatic carbocycles. The van der Waals surface area contributed by atoms with E-state index in [0.29, 0.717) is 12.6 Å². The van der Waals surface area contributed by atoms with E-state index in [2.05, 4.69) is 5.32 Å². The van der Waals surface area contributed by atoms with E-state index in [4.69, 9.17) is 14.6 Å². The lowest BCUT2D eigenvalue weighted by molar-refractivity contribution is -0.141. The molecular formula is C10H17NO4. The van der Waals surface area contributed by atoms with E-state index < -0.39 is 12.0 Å². The molecule has 2 N–H and O–H groups in total. The molecule has 0 spiro atoms. The fourth-order valence-corrected chi connectivity index (χ4v) is 1.60. The Labute approximate surface area is 88.7 Å². The van der Waals surface area contributed by atoms with Crippen LogP contribution in [-0.4, -0.2) is 49.1 Å². The molecule has 0 aromatic heterocycles. The zero-order valence-corrected chi connectivity index (χ0v) is 8.65. The normalized spacial score (nSPS) is 27.9. The molecular weight excluding hydrogens is 198 g/mol. The molecule has 1 heterocycles. The van der Waals surface area contributed by atoms with Crippen LogP contribution >= 0.6 is 0 Å². The maximum atomic E-state index is 10.9. The molecule has 2 aliphatic rings. The van der Waals surface area contributed by atoms with Gasteiger partial charge in [-0.25, -0.2) is 0 Å². The van der Waals surface area contributed by atoms with Crippen molar-refractivity contribution in [3.05, 3.63) is 0 Å². The smallest absolute Gasteiger partial charge is 0.323 e. The van der Waals surface area contributed by atoms with Gasteiger partial charge in [-0.05, 0) is 19.3 Å². The van der Waals surface area contributed by atoms with Gasteiger partial charge in [-0.15, -0.1) is 0 Å². The summed E-state index contributed by atoms with van der Waals surface area (Å²) in [5.74, 6) is -0.833. The minimum atomic E-state index is -0.833. The molecule has 15 heavy (non-hydrogen) atoms. The Hall–Kier alpha value is -0.650. The van der Waals surface area contributed by atoms with Gasteiger partial charge < -0.3 is 14.6 Å². The van der Waals surface area contributed by atoms with Gasteiger partial charge >= 0.3 is 5.97 Å². The van der Waals surface area contributed by atoms with Crippen LogP contribution in [-0.2, 0) is 14.3 Å². The Morgan fingerprint density at radius 3 is 2.87 bits per heavy atom. The van der Waals surface area contributed by atoms with E-state index in [1.807, 2.05) is 0 Å². The van der Waals surface area contributed by atoms with Gasteiger partial charge in [0.2, 0.25) is 0 Å². The molecule has 86 valence electrons. The van der Waals surface area contributed by atoms with Crippen molar-refractivity contribution in [1.82, 2.24) is 5.32 Å². The molecule has 0 aromatic rings. The summed E-state index contributed by atoms with van der Waals surface area (Å²) in [4.78, 5) is 10.9. The molecule has 0 amide bonds. The van der Waals surface area contributed by atoms with E-state index in [0.717, 1.165) is 25.9 Å². The van der Waals surface area contributed by atoms with E-state index in [-0.39, 0.29) is 12.7 Å². The molecule has 1 saturated carbocycles. The van der Waals surface area contributed by atoms with Gasteiger partial charge in [-0.3, -0.25) is 10.1 Å². The lowest BCUT2D eigenvalue weighted by Gasteiger charge is -2.16. The van der Waals surface area contributed by atoms with Gasteiger partial charge in [-0.1, -0.05) is 0 Å². The number of hydrogen-bond donors (Lipinski definition) is 2. The molecule has 1 aliphatic carbocycles. The number of rotatable bonds is 6. The molecule has 1 aliphatic heterocycles. The predicted octanol–water partition coefficient (Wildman–Crippen LogP) is -0.00290. The number of ether oxygens (including phenoxy) is 2. The number of carboxylic acids is 1. The number of nitrogens with one attached hydrogen (secondary N) is 1. The van der Waals surface area contributed by atoms with Crippen molar-refractivity contribution >= 4 is 5.97 Å². The van der Waals surface area contributed by atoms with Crippen LogP contribution in [0.5, 0.6) is 0 Å². The molecule has 2 unspecified atom stereocenters. The SMILES string of the molecule is O=C(O)C(COC1CCOC1)NC1CC1.